The summed E-state index contributed by atoms with van der Waals surface area (Å²) in [6, 6.07) is 5.11. The molecule has 0 amide bonds. The first kappa shape index (κ1) is 8.96. The van der Waals surface area contributed by atoms with Crippen molar-refractivity contribution in [3.8, 4) is 5.75 Å². The van der Waals surface area contributed by atoms with E-state index in [2.05, 4.69) is 22.6 Å². The number of aldehydes is 1. The first-order valence-corrected chi connectivity index (χ1v) is 5.47. The van der Waals surface area contributed by atoms with E-state index in [1.807, 2.05) is 6.07 Å². The molecule has 0 aliphatic carbocycles. The molecule has 0 fully saturated rings. The van der Waals surface area contributed by atoms with Crippen LogP contribution in [0.1, 0.15) is 10.4 Å². The summed E-state index contributed by atoms with van der Waals surface area (Å²) in [6.07, 6.45) is 0.769. The predicted octanol–water partition coefficient (Wildman–Crippen LogP) is 3.02. The maximum atomic E-state index is 10.7. The van der Waals surface area contributed by atoms with Crippen LogP contribution in [0.25, 0.3) is 10.1 Å². The molecule has 0 saturated heterocycles. The molecule has 13 heavy (non-hydrogen) atoms. The standard InChI is InChI=1S/C9H5IO2S/c10-9-3-7-5(4-11)1-6(12)2-8(7)13-9/h1-4,12H. The molecule has 0 unspecified atom stereocenters. The Kier molecular flexibility index (Phi) is 2.25. The number of fused-ring (bicyclic) bond motifs is 1. The average molecular weight is 304 g/mol. The highest BCUT2D eigenvalue weighted by atomic mass is 127. The topological polar surface area (TPSA) is 37.3 Å². The second-order valence-electron chi connectivity index (χ2n) is 2.62. The van der Waals surface area contributed by atoms with Crippen molar-refractivity contribution < 1.29 is 9.90 Å². The third-order valence-electron chi connectivity index (χ3n) is 1.75. The third-order valence-corrected chi connectivity index (χ3v) is 3.59. The van der Waals surface area contributed by atoms with E-state index in [-0.39, 0.29) is 5.75 Å². The summed E-state index contributed by atoms with van der Waals surface area (Å²) >= 11 is 3.76. The molecule has 1 N–H and O–H groups in total. The largest absolute Gasteiger partial charge is 0.508 e. The maximum absolute atomic E-state index is 10.7. The van der Waals surface area contributed by atoms with Crippen molar-refractivity contribution in [2.24, 2.45) is 0 Å². The van der Waals surface area contributed by atoms with Gasteiger partial charge >= 0.3 is 0 Å². The van der Waals surface area contributed by atoms with Gasteiger partial charge in [0.05, 0.1) is 2.88 Å². The average Bonchev–Trinajstić information content (AvgIpc) is 2.43. The number of carbonyl (C=O) groups is 1. The van der Waals surface area contributed by atoms with Crippen LogP contribution < -0.4 is 0 Å². The van der Waals surface area contributed by atoms with Crippen LogP contribution in [-0.2, 0) is 0 Å². The van der Waals surface area contributed by atoms with E-state index in [9.17, 15) is 9.90 Å². The molecule has 0 aliphatic rings. The Balaban J connectivity index is 2.88. The monoisotopic (exact) mass is 304 g/mol. The number of rotatable bonds is 1. The highest BCUT2D eigenvalue weighted by Gasteiger charge is 2.06. The Hall–Kier alpha value is -0.620. The van der Waals surface area contributed by atoms with Gasteiger partial charge in [0.1, 0.15) is 5.75 Å². The van der Waals surface area contributed by atoms with Crippen molar-refractivity contribution >= 4 is 50.3 Å². The minimum absolute atomic E-state index is 0.146. The lowest BCUT2D eigenvalue weighted by molar-refractivity contribution is 0.112. The summed E-state index contributed by atoms with van der Waals surface area (Å²) in [4.78, 5) is 10.7. The van der Waals surface area contributed by atoms with Crippen molar-refractivity contribution in [3.05, 3.63) is 26.6 Å². The van der Waals surface area contributed by atoms with Crippen LogP contribution >= 0.6 is 33.9 Å². The number of hydrogen-bond acceptors (Lipinski definition) is 3. The third kappa shape index (κ3) is 1.55. The smallest absolute Gasteiger partial charge is 0.150 e. The first-order chi connectivity index (χ1) is 6.20. The molecular weight excluding hydrogens is 299 g/mol. The van der Waals surface area contributed by atoms with Gasteiger partial charge in [0, 0.05) is 15.6 Å². The molecule has 0 atom stereocenters. The number of hydrogen-bond donors (Lipinski definition) is 1. The van der Waals surface area contributed by atoms with Crippen molar-refractivity contribution in [2.75, 3.05) is 0 Å². The van der Waals surface area contributed by atoms with Gasteiger partial charge < -0.3 is 5.11 Å². The Bertz CT molecular complexity index is 476. The Labute approximate surface area is 92.3 Å². The van der Waals surface area contributed by atoms with Crippen molar-refractivity contribution in [1.82, 2.24) is 0 Å². The number of aromatic hydroxyl groups is 1. The lowest BCUT2D eigenvalue weighted by atomic mass is 10.1. The second-order valence-corrected chi connectivity index (χ2v) is 5.59. The summed E-state index contributed by atoms with van der Waals surface area (Å²) in [6.45, 7) is 0. The van der Waals surface area contributed by atoms with Crippen molar-refractivity contribution in [1.29, 1.82) is 0 Å². The lowest BCUT2D eigenvalue weighted by Gasteiger charge is -1.95. The molecule has 1 aromatic carbocycles. The molecule has 1 aromatic heterocycles. The van der Waals surface area contributed by atoms with E-state index in [1.54, 1.807) is 17.4 Å². The summed E-state index contributed by atoms with van der Waals surface area (Å²) in [5, 5.41) is 10.2. The quantitative estimate of drug-likeness (QED) is 0.649. The van der Waals surface area contributed by atoms with Crippen LogP contribution in [0.4, 0.5) is 0 Å². The number of benzene rings is 1. The fourth-order valence-corrected chi connectivity index (χ4v) is 3.09. The molecule has 0 radical (unpaired) electrons. The number of thiophene rings is 1. The summed E-state index contributed by atoms with van der Waals surface area (Å²) in [5.41, 5.74) is 0.550. The molecule has 0 bridgehead atoms. The molecule has 4 heteroatoms. The van der Waals surface area contributed by atoms with E-state index < -0.39 is 0 Å². The predicted molar refractivity (Wildman–Crippen MR) is 61.6 cm³/mol. The van der Waals surface area contributed by atoms with E-state index in [4.69, 9.17) is 0 Å². The zero-order valence-electron chi connectivity index (χ0n) is 6.45. The van der Waals surface area contributed by atoms with E-state index in [0.29, 0.717) is 5.56 Å². The fraction of sp³-hybridized carbons (Fsp3) is 0. The van der Waals surface area contributed by atoms with Crippen LogP contribution in [0.3, 0.4) is 0 Å². The van der Waals surface area contributed by atoms with Crippen LogP contribution in [-0.4, -0.2) is 11.4 Å². The Morgan fingerprint density at radius 1 is 1.38 bits per heavy atom. The lowest BCUT2D eigenvalue weighted by Crippen LogP contribution is -1.79. The highest BCUT2D eigenvalue weighted by molar-refractivity contribution is 14.1. The number of phenols is 1. The van der Waals surface area contributed by atoms with Crippen LogP contribution in [0, 0.1) is 2.88 Å². The molecule has 2 aromatic rings. The van der Waals surface area contributed by atoms with E-state index in [1.165, 1.54) is 6.07 Å². The van der Waals surface area contributed by atoms with Crippen LogP contribution in [0.15, 0.2) is 18.2 Å². The normalized spacial score (nSPS) is 10.5. The van der Waals surface area contributed by atoms with Crippen molar-refractivity contribution in [3.63, 3.8) is 0 Å². The summed E-state index contributed by atoms with van der Waals surface area (Å²) < 4.78 is 2.06. The Morgan fingerprint density at radius 2 is 2.15 bits per heavy atom. The van der Waals surface area contributed by atoms with Crippen molar-refractivity contribution in [2.45, 2.75) is 0 Å². The highest BCUT2D eigenvalue weighted by Crippen LogP contribution is 2.31. The molecular formula is C9H5IO2S. The molecule has 2 rings (SSSR count). The van der Waals surface area contributed by atoms with Gasteiger partial charge in [-0.05, 0) is 40.8 Å². The van der Waals surface area contributed by atoms with Crippen LogP contribution in [0.5, 0.6) is 5.75 Å². The second kappa shape index (κ2) is 3.26. The maximum Gasteiger partial charge on any atom is 0.150 e. The Morgan fingerprint density at radius 3 is 2.85 bits per heavy atom. The molecule has 66 valence electrons. The van der Waals surface area contributed by atoms with Gasteiger partial charge in [-0.2, -0.15) is 0 Å². The van der Waals surface area contributed by atoms with E-state index >= 15 is 0 Å². The van der Waals surface area contributed by atoms with Gasteiger partial charge in [-0.15, -0.1) is 11.3 Å². The zero-order chi connectivity index (χ0) is 9.42. The van der Waals surface area contributed by atoms with Gasteiger partial charge in [-0.25, -0.2) is 0 Å². The molecule has 1 heterocycles. The van der Waals surface area contributed by atoms with E-state index in [0.717, 1.165) is 19.3 Å². The molecule has 0 aliphatic heterocycles. The summed E-state index contributed by atoms with van der Waals surface area (Å²) in [5.74, 6) is 0.146. The number of phenolic OH excluding ortho intramolecular Hbond substituents is 1. The molecule has 0 spiro atoms. The molecule has 2 nitrogen and oxygen atoms in total. The minimum atomic E-state index is 0.146. The zero-order valence-corrected chi connectivity index (χ0v) is 9.43. The first-order valence-electron chi connectivity index (χ1n) is 3.58. The van der Waals surface area contributed by atoms with Gasteiger partial charge in [0.15, 0.2) is 6.29 Å². The fourth-order valence-electron chi connectivity index (χ4n) is 1.22. The number of carbonyl (C=O) groups excluding carboxylic acids is 1. The SMILES string of the molecule is O=Cc1cc(O)cc2sc(I)cc12. The minimum Gasteiger partial charge on any atom is -0.508 e. The molecule has 0 saturated carbocycles. The summed E-state index contributed by atoms with van der Waals surface area (Å²) in [7, 11) is 0. The number of halogens is 1. The van der Waals surface area contributed by atoms with Gasteiger partial charge in [-0.1, -0.05) is 0 Å². The van der Waals surface area contributed by atoms with Gasteiger partial charge in [-0.3, -0.25) is 4.79 Å². The van der Waals surface area contributed by atoms with Gasteiger partial charge in [0.25, 0.3) is 0 Å². The van der Waals surface area contributed by atoms with Gasteiger partial charge in [0.2, 0.25) is 0 Å². The van der Waals surface area contributed by atoms with Crippen LogP contribution in [0.2, 0.25) is 0 Å².